The molecule has 3 heteroatoms. The van der Waals surface area contributed by atoms with E-state index in [1.54, 1.807) is 18.7 Å². The van der Waals surface area contributed by atoms with E-state index in [2.05, 4.69) is 6.58 Å². The molecule has 0 bridgehead atoms. The number of nitrogens with zero attached hydrogens (tertiary/aromatic N) is 1. The first-order chi connectivity index (χ1) is 5.00. The van der Waals surface area contributed by atoms with Crippen LogP contribution in [0.25, 0.3) is 0 Å². The molecule has 3 nitrogen and oxygen atoms in total. The molecule has 0 aromatic heterocycles. The average molecular weight is 156 g/mol. The van der Waals surface area contributed by atoms with Crippen LogP contribution in [0, 0.1) is 0 Å². The van der Waals surface area contributed by atoms with Crippen LogP contribution in [-0.4, -0.2) is 23.5 Å². The van der Waals surface area contributed by atoms with E-state index in [0.29, 0.717) is 12.1 Å². The Morgan fingerprint density at radius 3 is 2.27 bits per heavy atom. The molecular formula is C8H16N2O. The summed E-state index contributed by atoms with van der Waals surface area (Å²) in [5.74, 6) is -0.0671. The predicted octanol–water partition coefficient (Wildman–Crippen LogP) is 0.716. The quantitative estimate of drug-likeness (QED) is 0.483. The van der Waals surface area contributed by atoms with Crippen LogP contribution in [0.1, 0.15) is 20.8 Å². The first kappa shape index (κ1) is 10.2. The Hall–Kier alpha value is -0.830. The highest BCUT2D eigenvalue weighted by Crippen LogP contribution is 2.00. The zero-order chi connectivity index (χ0) is 9.02. The van der Waals surface area contributed by atoms with Crippen LogP contribution in [0.4, 0.5) is 0 Å². The van der Waals surface area contributed by atoms with E-state index >= 15 is 0 Å². The maximum absolute atomic E-state index is 11.3. The Morgan fingerprint density at radius 2 is 2.18 bits per heavy atom. The van der Waals surface area contributed by atoms with Crippen LogP contribution in [-0.2, 0) is 4.79 Å². The fraction of sp³-hybridized carbons (Fsp3) is 0.625. The first-order valence-electron chi connectivity index (χ1n) is 3.72. The molecule has 0 heterocycles. The summed E-state index contributed by atoms with van der Waals surface area (Å²) in [6, 6.07) is 0. The Kier molecular flexibility index (Phi) is 3.82. The van der Waals surface area contributed by atoms with Gasteiger partial charge in [0.05, 0.1) is 6.17 Å². The van der Waals surface area contributed by atoms with E-state index in [-0.39, 0.29) is 12.1 Å². The molecule has 0 spiro atoms. The third kappa shape index (κ3) is 2.72. The van der Waals surface area contributed by atoms with Gasteiger partial charge in [-0.2, -0.15) is 0 Å². The number of rotatable bonds is 3. The van der Waals surface area contributed by atoms with Gasteiger partial charge in [-0.05, 0) is 20.8 Å². The zero-order valence-corrected chi connectivity index (χ0v) is 7.42. The Bertz CT molecular complexity index is 163. The number of carbonyl (C=O) groups excluding carboxylic acids is 1. The molecule has 64 valence electrons. The maximum Gasteiger partial charge on any atom is 0.250 e. The highest BCUT2D eigenvalue weighted by molar-refractivity contribution is 5.92. The average Bonchev–Trinajstić information content (AvgIpc) is 1.88. The summed E-state index contributed by atoms with van der Waals surface area (Å²) in [6.07, 6.45) is -0.232. The summed E-state index contributed by atoms with van der Waals surface area (Å²) in [4.78, 5) is 12.8. The fourth-order valence-corrected chi connectivity index (χ4v) is 0.862. The van der Waals surface area contributed by atoms with Gasteiger partial charge in [0.25, 0.3) is 0 Å². The van der Waals surface area contributed by atoms with Crippen molar-refractivity contribution >= 4 is 5.91 Å². The van der Waals surface area contributed by atoms with Crippen LogP contribution in [0.3, 0.4) is 0 Å². The van der Waals surface area contributed by atoms with Gasteiger partial charge in [-0.25, -0.2) is 0 Å². The largest absolute Gasteiger partial charge is 0.324 e. The normalized spacial score (nSPS) is 12.4. The second kappa shape index (κ2) is 4.13. The van der Waals surface area contributed by atoms with Gasteiger partial charge in [-0.1, -0.05) is 6.58 Å². The van der Waals surface area contributed by atoms with Crippen LogP contribution in [0.5, 0.6) is 0 Å². The minimum absolute atomic E-state index is 0.0671. The van der Waals surface area contributed by atoms with Gasteiger partial charge in [0.1, 0.15) is 0 Å². The smallest absolute Gasteiger partial charge is 0.250 e. The van der Waals surface area contributed by atoms with Crippen molar-refractivity contribution in [3.63, 3.8) is 0 Å². The molecule has 0 saturated heterocycles. The van der Waals surface area contributed by atoms with Crippen LogP contribution < -0.4 is 5.73 Å². The number of nitrogens with two attached hydrogens (primary N) is 1. The molecule has 1 amide bonds. The molecule has 0 aliphatic carbocycles. The van der Waals surface area contributed by atoms with Gasteiger partial charge in [-0.15, -0.1) is 0 Å². The third-order valence-corrected chi connectivity index (χ3v) is 1.46. The first-order valence-corrected chi connectivity index (χ1v) is 3.72. The van der Waals surface area contributed by atoms with E-state index in [1.165, 1.54) is 0 Å². The molecule has 1 unspecified atom stereocenters. The van der Waals surface area contributed by atoms with Crippen molar-refractivity contribution in [3.05, 3.63) is 12.2 Å². The highest BCUT2D eigenvalue weighted by atomic mass is 16.2. The molecule has 11 heavy (non-hydrogen) atoms. The van der Waals surface area contributed by atoms with E-state index in [0.717, 1.165) is 0 Å². The van der Waals surface area contributed by atoms with Crippen molar-refractivity contribution in [1.29, 1.82) is 0 Å². The lowest BCUT2D eigenvalue weighted by atomic mass is 10.3. The summed E-state index contributed by atoms with van der Waals surface area (Å²) in [5.41, 5.74) is 6.08. The maximum atomic E-state index is 11.3. The topological polar surface area (TPSA) is 46.3 Å². The predicted molar refractivity (Wildman–Crippen MR) is 45.9 cm³/mol. The summed E-state index contributed by atoms with van der Waals surface area (Å²) in [7, 11) is 0. The van der Waals surface area contributed by atoms with Crippen molar-refractivity contribution in [2.75, 3.05) is 6.54 Å². The fourth-order valence-electron chi connectivity index (χ4n) is 0.862. The van der Waals surface area contributed by atoms with Gasteiger partial charge in [0.15, 0.2) is 0 Å². The minimum atomic E-state index is -0.232. The standard InChI is InChI=1S/C8H16N2O/c1-5-10(7(4)9)8(11)6(2)3/h7H,2,5,9H2,1,3-4H3. The lowest BCUT2D eigenvalue weighted by Crippen LogP contribution is -2.43. The summed E-state index contributed by atoms with van der Waals surface area (Å²) in [6.45, 7) is 9.55. The van der Waals surface area contributed by atoms with Crippen molar-refractivity contribution in [3.8, 4) is 0 Å². The molecule has 0 saturated carbocycles. The number of carbonyl (C=O) groups is 1. The number of hydrogen-bond acceptors (Lipinski definition) is 2. The molecular weight excluding hydrogens is 140 g/mol. The summed E-state index contributed by atoms with van der Waals surface area (Å²) in [5, 5.41) is 0. The second-order valence-corrected chi connectivity index (χ2v) is 2.61. The molecule has 0 aromatic carbocycles. The van der Waals surface area contributed by atoms with Gasteiger partial charge in [-0.3, -0.25) is 4.79 Å². The minimum Gasteiger partial charge on any atom is -0.324 e. The summed E-state index contributed by atoms with van der Waals surface area (Å²) >= 11 is 0. The van der Waals surface area contributed by atoms with Crippen molar-refractivity contribution in [2.24, 2.45) is 5.73 Å². The van der Waals surface area contributed by atoms with E-state index < -0.39 is 0 Å². The molecule has 0 aliphatic rings. The molecule has 1 atom stereocenters. The van der Waals surface area contributed by atoms with Gasteiger partial charge in [0, 0.05) is 12.1 Å². The molecule has 0 aromatic rings. The zero-order valence-electron chi connectivity index (χ0n) is 7.42. The van der Waals surface area contributed by atoms with E-state index in [1.807, 2.05) is 6.92 Å². The van der Waals surface area contributed by atoms with E-state index in [4.69, 9.17) is 5.73 Å². The molecule has 2 N–H and O–H groups in total. The molecule has 0 fully saturated rings. The Labute approximate surface area is 67.9 Å². The third-order valence-electron chi connectivity index (χ3n) is 1.46. The van der Waals surface area contributed by atoms with Gasteiger partial charge in [0.2, 0.25) is 5.91 Å². The van der Waals surface area contributed by atoms with Crippen molar-refractivity contribution < 1.29 is 4.79 Å². The second-order valence-electron chi connectivity index (χ2n) is 2.61. The lowest BCUT2D eigenvalue weighted by molar-refractivity contribution is -0.128. The van der Waals surface area contributed by atoms with Crippen molar-refractivity contribution in [1.82, 2.24) is 4.90 Å². The number of amides is 1. The monoisotopic (exact) mass is 156 g/mol. The van der Waals surface area contributed by atoms with Crippen LogP contribution in [0.2, 0.25) is 0 Å². The van der Waals surface area contributed by atoms with Crippen LogP contribution >= 0.6 is 0 Å². The molecule has 0 radical (unpaired) electrons. The number of hydrogen-bond donors (Lipinski definition) is 1. The Morgan fingerprint density at radius 1 is 1.73 bits per heavy atom. The highest BCUT2D eigenvalue weighted by Gasteiger charge is 2.14. The van der Waals surface area contributed by atoms with Crippen molar-refractivity contribution in [2.45, 2.75) is 26.9 Å². The number of likely N-dealkylation sites (N-methyl/N-ethyl adjacent to an activating group) is 1. The molecule has 0 rings (SSSR count). The SMILES string of the molecule is C=C(C)C(=O)N(CC)C(C)N. The van der Waals surface area contributed by atoms with E-state index in [9.17, 15) is 4.79 Å². The van der Waals surface area contributed by atoms with Crippen LogP contribution in [0.15, 0.2) is 12.2 Å². The Balaban J connectivity index is 4.26. The van der Waals surface area contributed by atoms with Gasteiger partial charge < -0.3 is 10.6 Å². The van der Waals surface area contributed by atoms with Gasteiger partial charge >= 0.3 is 0 Å². The summed E-state index contributed by atoms with van der Waals surface area (Å²) < 4.78 is 0. The lowest BCUT2D eigenvalue weighted by Gasteiger charge is -2.24. The molecule has 0 aliphatic heterocycles.